The zero-order chi connectivity index (χ0) is 25.7. The van der Waals surface area contributed by atoms with E-state index >= 15 is 0 Å². The number of benzene rings is 3. The average molecular weight is 652 g/mol. The van der Waals surface area contributed by atoms with Gasteiger partial charge in [0, 0.05) is 26.3 Å². The lowest BCUT2D eigenvalue weighted by atomic mass is 10.2. The second-order valence-corrected chi connectivity index (χ2v) is 10.4. The first-order valence-corrected chi connectivity index (χ1v) is 13.3. The van der Waals surface area contributed by atoms with Gasteiger partial charge in [-0.05, 0) is 76.6 Å². The van der Waals surface area contributed by atoms with Gasteiger partial charge in [-0.1, -0.05) is 39.3 Å². The molecule has 0 saturated heterocycles. The first kappa shape index (κ1) is 26.2. The minimum absolute atomic E-state index is 0.0210. The number of phenolic OH excluding ortho intramolecular Hbond substituents is 1. The molecule has 0 atom stereocenters. The number of hydrogen-bond acceptors (Lipinski definition) is 7. The van der Waals surface area contributed by atoms with Crippen LogP contribution < -0.4 is 10.2 Å². The summed E-state index contributed by atoms with van der Waals surface area (Å²) in [5, 5.41) is 23.9. The standard InChI is InChI=1S/C24H18Br2ClN5O3S/c1-35-19-8-2-14(3-9-19)23-30-31-24(32(23)18-6-4-17(27)5-7-18)36-13-21(33)29-28-12-15-10-16(25)11-20(26)22(15)34/h2-12,34H,13H2,1H3,(H,29,33)/b28-12-. The van der Waals surface area contributed by atoms with Crippen LogP contribution in [0.15, 0.2) is 79.9 Å². The number of nitrogens with zero attached hydrogens (tertiary/aromatic N) is 4. The number of hydrogen-bond donors (Lipinski definition) is 2. The van der Waals surface area contributed by atoms with E-state index in [9.17, 15) is 9.90 Å². The van der Waals surface area contributed by atoms with Crippen molar-refractivity contribution >= 4 is 67.3 Å². The van der Waals surface area contributed by atoms with Crippen molar-refractivity contribution in [2.75, 3.05) is 12.9 Å². The summed E-state index contributed by atoms with van der Waals surface area (Å²) in [4.78, 5) is 12.4. The second-order valence-electron chi connectivity index (χ2n) is 7.25. The predicted molar refractivity (Wildman–Crippen MR) is 148 cm³/mol. The number of aromatic hydroxyl groups is 1. The van der Waals surface area contributed by atoms with Crippen LogP contribution in [0.25, 0.3) is 17.1 Å². The van der Waals surface area contributed by atoms with Crippen LogP contribution in [0.2, 0.25) is 5.02 Å². The molecule has 4 rings (SSSR count). The number of nitrogens with one attached hydrogen (secondary N) is 1. The lowest BCUT2D eigenvalue weighted by Crippen LogP contribution is -2.20. The smallest absolute Gasteiger partial charge is 0.250 e. The number of halogens is 3. The Labute approximate surface area is 233 Å². The molecule has 12 heteroatoms. The summed E-state index contributed by atoms with van der Waals surface area (Å²) in [5.74, 6) is 1.05. The molecule has 0 unspecified atom stereocenters. The zero-order valence-electron chi connectivity index (χ0n) is 18.7. The van der Waals surface area contributed by atoms with Crippen molar-refractivity contribution in [2.24, 2.45) is 5.10 Å². The SMILES string of the molecule is COc1ccc(-c2nnc(SCC(=O)N/N=C\c3cc(Br)cc(Br)c3O)n2-c2ccc(Cl)cc2)cc1. The lowest BCUT2D eigenvalue weighted by Gasteiger charge is -2.11. The van der Waals surface area contributed by atoms with E-state index in [1.807, 2.05) is 41.0 Å². The molecular weight excluding hydrogens is 634 g/mol. The van der Waals surface area contributed by atoms with E-state index in [4.69, 9.17) is 16.3 Å². The van der Waals surface area contributed by atoms with Crippen LogP contribution in [0.5, 0.6) is 11.5 Å². The fraction of sp³-hybridized carbons (Fsp3) is 0.0833. The fourth-order valence-corrected chi connectivity index (χ4v) is 5.26. The molecule has 0 bridgehead atoms. The largest absolute Gasteiger partial charge is 0.506 e. The monoisotopic (exact) mass is 649 g/mol. The number of rotatable bonds is 8. The maximum absolute atomic E-state index is 12.4. The van der Waals surface area contributed by atoms with E-state index in [0.29, 0.717) is 26.0 Å². The molecule has 1 amide bonds. The summed E-state index contributed by atoms with van der Waals surface area (Å²) in [6.45, 7) is 0. The number of methoxy groups -OCH3 is 1. The predicted octanol–water partition coefficient (Wildman–Crippen LogP) is 6.07. The van der Waals surface area contributed by atoms with Crippen molar-refractivity contribution in [3.63, 3.8) is 0 Å². The normalized spacial score (nSPS) is 11.1. The van der Waals surface area contributed by atoms with E-state index in [1.54, 1.807) is 31.4 Å². The number of ether oxygens (including phenoxy) is 1. The summed E-state index contributed by atoms with van der Waals surface area (Å²) >= 11 is 13.9. The molecule has 0 fully saturated rings. The van der Waals surface area contributed by atoms with Crippen molar-refractivity contribution in [1.82, 2.24) is 20.2 Å². The molecule has 184 valence electrons. The lowest BCUT2D eigenvalue weighted by molar-refractivity contribution is -0.118. The summed E-state index contributed by atoms with van der Waals surface area (Å²) in [6.07, 6.45) is 1.37. The second kappa shape index (κ2) is 11.9. The highest BCUT2D eigenvalue weighted by Gasteiger charge is 2.17. The van der Waals surface area contributed by atoms with E-state index in [0.717, 1.165) is 21.5 Å². The molecule has 0 radical (unpaired) electrons. The quantitative estimate of drug-likeness (QED) is 0.136. The van der Waals surface area contributed by atoms with Crippen molar-refractivity contribution in [1.29, 1.82) is 0 Å². The average Bonchev–Trinajstić information content (AvgIpc) is 3.30. The molecule has 0 aliphatic carbocycles. The molecular formula is C24H18Br2ClN5O3S. The molecule has 4 aromatic rings. The van der Waals surface area contributed by atoms with Crippen LogP contribution in [-0.4, -0.2) is 44.9 Å². The summed E-state index contributed by atoms with van der Waals surface area (Å²) in [5.41, 5.74) is 4.54. The maximum Gasteiger partial charge on any atom is 0.250 e. The van der Waals surface area contributed by atoms with Gasteiger partial charge in [-0.3, -0.25) is 9.36 Å². The van der Waals surface area contributed by atoms with Crippen molar-refractivity contribution in [2.45, 2.75) is 5.16 Å². The molecule has 36 heavy (non-hydrogen) atoms. The first-order chi connectivity index (χ1) is 17.4. The Morgan fingerprint density at radius 1 is 1.17 bits per heavy atom. The van der Waals surface area contributed by atoms with Gasteiger partial charge in [0.2, 0.25) is 0 Å². The number of carbonyl (C=O) groups excluding carboxylic acids is 1. The Bertz CT molecular complexity index is 1410. The van der Waals surface area contributed by atoms with Gasteiger partial charge in [0.1, 0.15) is 11.5 Å². The molecule has 0 aliphatic heterocycles. The zero-order valence-corrected chi connectivity index (χ0v) is 23.4. The highest BCUT2D eigenvalue weighted by Crippen LogP contribution is 2.31. The minimum Gasteiger partial charge on any atom is -0.506 e. The van der Waals surface area contributed by atoms with Gasteiger partial charge in [-0.2, -0.15) is 5.10 Å². The Kier molecular flexibility index (Phi) is 8.68. The summed E-state index contributed by atoms with van der Waals surface area (Å²) in [7, 11) is 1.61. The minimum atomic E-state index is -0.346. The first-order valence-electron chi connectivity index (χ1n) is 10.3. The summed E-state index contributed by atoms with van der Waals surface area (Å²) < 4.78 is 8.37. The Morgan fingerprint density at radius 2 is 1.89 bits per heavy atom. The number of hydrazone groups is 1. The highest BCUT2D eigenvalue weighted by molar-refractivity contribution is 9.11. The van der Waals surface area contributed by atoms with E-state index < -0.39 is 0 Å². The van der Waals surface area contributed by atoms with Crippen LogP contribution >= 0.6 is 55.2 Å². The van der Waals surface area contributed by atoms with Crippen molar-refractivity contribution < 1.29 is 14.6 Å². The van der Waals surface area contributed by atoms with Gasteiger partial charge in [-0.25, -0.2) is 5.43 Å². The van der Waals surface area contributed by atoms with Gasteiger partial charge in [0.15, 0.2) is 11.0 Å². The third-order valence-electron chi connectivity index (χ3n) is 4.85. The van der Waals surface area contributed by atoms with Gasteiger partial charge in [0.25, 0.3) is 5.91 Å². The van der Waals surface area contributed by atoms with Gasteiger partial charge < -0.3 is 9.84 Å². The fourth-order valence-electron chi connectivity index (χ4n) is 3.13. The highest BCUT2D eigenvalue weighted by atomic mass is 79.9. The number of phenols is 1. The number of carbonyl (C=O) groups is 1. The topological polar surface area (TPSA) is 102 Å². The van der Waals surface area contributed by atoms with Crippen molar-refractivity contribution in [3.8, 4) is 28.6 Å². The van der Waals surface area contributed by atoms with Crippen molar-refractivity contribution in [3.05, 3.63) is 80.2 Å². The maximum atomic E-state index is 12.4. The molecule has 0 aliphatic rings. The third-order valence-corrected chi connectivity index (χ3v) is 7.09. The van der Waals surface area contributed by atoms with Crippen LogP contribution in [0.4, 0.5) is 0 Å². The van der Waals surface area contributed by atoms with Gasteiger partial charge in [0.05, 0.1) is 23.5 Å². The van der Waals surface area contributed by atoms with Crippen LogP contribution in [0.1, 0.15) is 5.56 Å². The molecule has 8 nitrogen and oxygen atoms in total. The Morgan fingerprint density at radius 3 is 2.58 bits per heavy atom. The van der Waals surface area contributed by atoms with E-state index in [2.05, 4.69) is 52.6 Å². The van der Waals surface area contributed by atoms with E-state index in [1.165, 1.54) is 18.0 Å². The third kappa shape index (κ3) is 6.28. The molecule has 1 heterocycles. The number of amides is 1. The van der Waals surface area contributed by atoms with Gasteiger partial charge in [-0.15, -0.1) is 10.2 Å². The summed E-state index contributed by atoms with van der Waals surface area (Å²) in [6, 6.07) is 18.1. The van der Waals surface area contributed by atoms with Crippen LogP contribution in [0.3, 0.4) is 0 Å². The Balaban J connectivity index is 1.52. The van der Waals surface area contributed by atoms with E-state index in [-0.39, 0.29) is 17.4 Å². The molecule has 0 saturated carbocycles. The Hall–Kier alpha value is -2.86. The molecule has 2 N–H and O–H groups in total. The van der Waals surface area contributed by atoms with Crippen LogP contribution in [0, 0.1) is 0 Å². The molecule has 0 spiro atoms. The number of thioether (sulfide) groups is 1. The molecule has 3 aromatic carbocycles. The number of aromatic nitrogens is 3. The van der Waals surface area contributed by atoms with Gasteiger partial charge >= 0.3 is 0 Å². The van der Waals surface area contributed by atoms with Crippen LogP contribution in [-0.2, 0) is 4.79 Å². The molecule has 1 aromatic heterocycles.